The Labute approximate surface area is 94.0 Å². The third-order valence-corrected chi connectivity index (χ3v) is 5.00. The predicted octanol–water partition coefficient (Wildman–Crippen LogP) is 1.19. The minimum absolute atomic E-state index is 0.0417. The molecule has 0 fully saturated rings. The molecule has 1 heterocycles. The highest BCUT2D eigenvalue weighted by Gasteiger charge is 2.26. The summed E-state index contributed by atoms with van der Waals surface area (Å²) in [5, 5.41) is 10.5. The first-order valence-electron chi connectivity index (χ1n) is 4.56. The highest BCUT2D eigenvalue weighted by atomic mass is 32.2. The lowest BCUT2D eigenvalue weighted by atomic mass is 10.0. The lowest BCUT2D eigenvalue weighted by Crippen LogP contribution is -2.43. The average Bonchev–Trinajstić information content (AvgIpc) is 2.52. The van der Waals surface area contributed by atoms with Crippen molar-refractivity contribution in [2.24, 2.45) is 0 Å². The predicted molar refractivity (Wildman–Crippen MR) is 60.4 cm³/mol. The maximum atomic E-state index is 11.8. The van der Waals surface area contributed by atoms with E-state index in [1.807, 2.05) is 0 Å². The number of nitrogens with one attached hydrogen (secondary N) is 1. The Hall–Kier alpha value is -0.430. The molecule has 0 bridgehead atoms. The van der Waals surface area contributed by atoms with E-state index >= 15 is 0 Å². The molecule has 2 N–H and O–H groups in total. The maximum absolute atomic E-state index is 11.8. The molecule has 1 aromatic rings. The molecule has 0 saturated heterocycles. The van der Waals surface area contributed by atoms with Crippen molar-refractivity contribution in [3.63, 3.8) is 0 Å². The molecular weight excluding hydrogens is 234 g/mol. The van der Waals surface area contributed by atoms with Gasteiger partial charge in [0.05, 0.1) is 0 Å². The summed E-state index contributed by atoms with van der Waals surface area (Å²) in [4.78, 5) is 0. The summed E-state index contributed by atoms with van der Waals surface area (Å²) in [6.45, 7) is 3.45. The van der Waals surface area contributed by atoms with E-state index in [9.17, 15) is 8.42 Å². The fourth-order valence-electron chi connectivity index (χ4n) is 1.16. The summed E-state index contributed by atoms with van der Waals surface area (Å²) in [5.41, 5.74) is -0.627. The first-order chi connectivity index (χ1) is 6.87. The number of aliphatic hydroxyl groups is 1. The normalized spacial score (nSPS) is 13.0. The highest BCUT2D eigenvalue weighted by molar-refractivity contribution is 7.91. The molecular formula is C9H15NO3S2. The van der Waals surface area contributed by atoms with Crippen LogP contribution in [0.5, 0.6) is 0 Å². The third-order valence-electron chi connectivity index (χ3n) is 1.91. The van der Waals surface area contributed by atoms with Crippen LogP contribution in [0.2, 0.25) is 0 Å². The number of sulfonamides is 1. The van der Waals surface area contributed by atoms with Crippen LogP contribution in [-0.4, -0.2) is 25.7 Å². The average molecular weight is 249 g/mol. The Bertz CT molecular complexity index is 395. The zero-order valence-corrected chi connectivity index (χ0v) is 10.4. The van der Waals surface area contributed by atoms with Gasteiger partial charge in [0, 0.05) is 12.1 Å². The van der Waals surface area contributed by atoms with Gasteiger partial charge < -0.3 is 5.11 Å². The number of aliphatic hydroxyl groups excluding tert-OH is 1. The van der Waals surface area contributed by atoms with Crippen molar-refractivity contribution in [2.75, 3.05) is 6.61 Å². The fourth-order valence-corrected chi connectivity index (χ4v) is 3.60. The molecule has 0 amide bonds. The van der Waals surface area contributed by atoms with Crippen molar-refractivity contribution in [2.45, 2.75) is 30.0 Å². The molecule has 0 saturated carbocycles. The summed E-state index contributed by atoms with van der Waals surface area (Å²) >= 11 is 1.18. The molecule has 0 aliphatic heterocycles. The number of rotatable bonds is 5. The van der Waals surface area contributed by atoms with E-state index in [1.54, 1.807) is 31.4 Å². The quantitative estimate of drug-likeness (QED) is 0.823. The van der Waals surface area contributed by atoms with Crippen molar-refractivity contribution < 1.29 is 13.5 Å². The topological polar surface area (TPSA) is 66.4 Å². The van der Waals surface area contributed by atoms with Gasteiger partial charge in [0.25, 0.3) is 10.0 Å². The molecule has 4 nitrogen and oxygen atoms in total. The Kier molecular flexibility index (Phi) is 3.88. The molecule has 0 unspecified atom stereocenters. The van der Waals surface area contributed by atoms with Crippen LogP contribution >= 0.6 is 11.3 Å². The van der Waals surface area contributed by atoms with Crippen LogP contribution in [0, 0.1) is 0 Å². The van der Waals surface area contributed by atoms with Gasteiger partial charge >= 0.3 is 0 Å². The van der Waals surface area contributed by atoms with E-state index in [0.717, 1.165) is 0 Å². The molecule has 86 valence electrons. The van der Waals surface area contributed by atoms with Gasteiger partial charge in [-0.25, -0.2) is 13.1 Å². The lowest BCUT2D eigenvalue weighted by molar-refractivity contribution is 0.246. The zero-order valence-electron chi connectivity index (χ0n) is 8.73. The second kappa shape index (κ2) is 4.61. The second-order valence-corrected chi connectivity index (χ2v) is 6.75. The van der Waals surface area contributed by atoms with Gasteiger partial charge in [0.15, 0.2) is 0 Å². The number of hydrogen-bond donors (Lipinski definition) is 2. The van der Waals surface area contributed by atoms with Crippen LogP contribution in [0.25, 0.3) is 0 Å². The van der Waals surface area contributed by atoms with Crippen molar-refractivity contribution in [1.82, 2.24) is 4.72 Å². The zero-order chi connectivity index (χ0) is 11.5. The van der Waals surface area contributed by atoms with Crippen molar-refractivity contribution in [1.29, 1.82) is 0 Å². The van der Waals surface area contributed by atoms with Gasteiger partial charge in [-0.15, -0.1) is 11.3 Å². The van der Waals surface area contributed by atoms with E-state index in [-0.39, 0.29) is 6.61 Å². The van der Waals surface area contributed by atoms with Gasteiger partial charge in [0.2, 0.25) is 0 Å². The van der Waals surface area contributed by atoms with Crippen LogP contribution in [-0.2, 0) is 10.0 Å². The molecule has 0 aliphatic carbocycles. The van der Waals surface area contributed by atoms with Crippen LogP contribution in [0.3, 0.4) is 0 Å². The van der Waals surface area contributed by atoms with Crippen LogP contribution < -0.4 is 4.72 Å². The van der Waals surface area contributed by atoms with Gasteiger partial charge in [-0.05, 0) is 31.7 Å². The Morgan fingerprint density at radius 1 is 1.53 bits per heavy atom. The summed E-state index contributed by atoms with van der Waals surface area (Å²) in [7, 11) is -3.44. The molecule has 15 heavy (non-hydrogen) atoms. The maximum Gasteiger partial charge on any atom is 0.250 e. The summed E-state index contributed by atoms with van der Waals surface area (Å²) in [6, 6.07) is 3.25. The molecule has 0 radical (unpaired) electrons. The third kappa shape index (κ3) is 3.57. The van der Waals surface area contributed by atoms with Gasteiger partial charge in [-0.1, -0.05) is 6.07 Å². The van der Waals surface area contributed by atoms with E-state index < -0.39 is 15.6 Å². The van der Waals surface area contributed by atoms with E-state index in [0.29, 0.717) is 10.6 Å². The summed E-state index contributed by atoms with van der Waals surface area (Å²) in [5.74, 6) is 0. The largest absolute Gasteiger partial charge is 0.396 e. The lowest BCUT2D eigenvalue weighted by Gasteiger charge is -2.24. The van der Waals surface area contributed by atoms with E-state index in [1.165, 1.54) is 11.3 Å². The van der Waals surface area contributed by atoms with Crippen LogP contribution in [0.15, 0.2) is 21.7 Å². The number of thiophene rings is 1. The molecule has 1 rings (SSSR count). The Morgan fingerprint density at radius 3 is 2.67 bits per heavy atom. The highest BCUT2D eigenvalue weighted by Crippen LogP contribution is 2.19. The van der Waals surface area contributed by atoms with Crippen molar-refractivity contribution in [3.05, 3.63) is 17.5 Å². The Balaban J connectivity index is 2.82. The first kappa shape index (κ1) is 12.6. The van der Waals surface area contributed by atoms with Crippen molar-refractivity contribution >= 4 is 21.4 Å². The minimum atomic E-state index is -3.44. The SMILES string of the molecule is CC(C)(CCO)NS(=O)(=O)c1cccs1. The van der Waals surface area contributed by atoms with Gasteiger partial charge in [0.1, 0.15) is 4.21 Å². The molecule has 0 atom stereocenters. The molecule has 1 aromatic heterocycles. The van der Waals surface area contributed by atoms with Gasteiger partial charge in [-0.2, -0.15) is 0 Å². The minimum Gasteiger partial charge on any atom is -0.396 e. The van der Waals surface area contributed by atoms with E-state index in [4.69, 9.17) is 5.11 Å². The fraction of sp³-hybridized carbons (Fsp3) is 0.556. The first-order valence-corrected chi connectivity index (χ1v) is 6.92. The molecule has 0 aromatic carbocycles. The smallest absolute Gasteiger partial charge is 0.250 e. The molecule has 6 heteroatoms. The second-order valence-electron chi connectivity index (χ2n) is 3.90. The van der Waals surface area contributed by atoms with Crippen molar-refractivity contribution in [3.8, 4) is 0 Å². The standard InChI is InChI=1S/C9H15NO3S2/c1-9(2,5-6-11)10-15(12,13)8-4-3-7-14-8/h3-4,7,10-11H,5-6H2,1-2H3. The van der Waals surface area contributed by atoms with E-state index in [2.05, 4.69) is 4.72 Å². The number of hydrogen-bond acceptors (Lipinski definition) is 4. The summed E-state index contributed by atoms with van der Waals surface area (Å²) in [6.07, 6.45) is 0.387. The Morgan fingerprint density at radius 2 is 2.20 bits per heavy atom. The molecule has 0 spiro atoms. The van der Waals surface area contributed by atoms with Crippen LogP contribution in [0.1, 0.15) is 20.3 Å². The molecule has 0 aliphatic rings. The monoisotopic (exact) mass is 249 g/mol. The summed E-state index contributed by atoms with van der Waals surface area (Å²) < 4.78 is 26.5. The van der Waals surface area contributed by atoms with Crippen LogP contribution in [0.4, 0.5) is 0 Å². The van der Waals surface area contributed by atoms with Gasteiger partial charge in [-0.3, -0.25) is 0 Å².